The van der Waals surface area contributed by atoms with E-state index in [2.05, 4.69) is 11.9 Å². The Morgan fingerprint density at radius 1 is 1.36 bits per heavy atom. The molecule has 0 saturated carbocycles. The number of anilines is 1. The molecule has 1 heterocycles. The maximum absolute atomic E-state index is 12.4. The van der Waals surface area contributed by atoms with Crippen molar-refractivity contribution in [1.29, 1.82) is 0 Å². The van der Waals surface area contributed by atoms with E-state index < -0.39 is 0 Å². The lowest BCUT2D eigenvalue weighted by Crippen LogP contribution is -2.29. The van der Waals surface area contributed by atoms with Gasteiger partial charge in [0.2, 0.25) is 5.91 Å². The number of aryl methyl sites for hydroxylation is 3. The van der Waals surface area contributed by atoms with Crippen LogP contribution in [0, 0.1) is 13.8 Å². The van der Waals surface area contributed by atoms with E-state index in [0.29, 0.717) is 12.8 Å². The van der Waals surface area contributed by atoms with Gasteiger partial charge in [-0.05, 0) is 38.8 Å². The number of benzene rings is 1. The van der Waals surface area contributed by atoms with Crippen molar-refractivity contribution in [2.24, 2.45) is 0 Å². The highest BCUT2D eigenvalue weighted by Gasteiger charge is 2.21. The minimum absolute atomic E-state index is 0.0480. The Kier molecular flexibility index (Phi) is 5.19. The molecule has 0 aliphatic carbocycles. The molecule has 1 aromatic carbocycles. The first kappa shape index (κ1) is 16.5. The lowest BCUT2D eigenvalue weighted by atomic mass is 10.1. The number of carbonyl (C=O) groups is 1. The van der Waals surface area contributed by atoms with Crippen LogP contribution in [0.3, 0.4) is 0 Å². The minimum atomic E-state index is 0.0480. The Labute approximate surface area is 136 Å². The van der Waals surface area contributed by atoms with E-state index >= 15 is 0 Å². The summed E-state index contributed by atoms with van der Waals surface area (Å²) in [5.41, 5.74) is 8.72. The van der Waals surface area contributed by atoms with Crippen LogP contribution in [0.25, 0.3) is 0 Å². The van der Waals surface area contributed by atoms with Gasteiger partial charge >= 0.3 is 0 Å². The van der Waals surface area contributed by atoms with Gasteiger partial charge in [-0.1, -0.05) is 18.2 Å². The van der Waals surface area contributed by atoms with Crippen LogP contribution < -0.4 is 5.73 Å². The third-order valence-corrected chi connectivity index (χ3v) is 5.20. The number of nitrogens with zero attached hydrogens (tertiary/aromatic N) is 2. The van der Waals surface area contributed by atoms with Crippen LogP contribution in [0.1, 0.15) is 40.5 Å². The van der Waals surface area contributed by atoms with Gasteiger partial charge < -0.3 is 10.6 Å². The number of carbonyl (C=O) groups excluding carboxylic acids is 1. The van der Waals surface area contributed by atoms with Crippen LogP contribution in [0.15, 0.2) is 24.3 Å². The van der Waals surface area contributed by atoms with E-state index in [-0.39, 0.29) is 11.9 Å². The zero-order valence-corrected chi connectivity index (χ0v) is 14.4. The molecule has 1 amide bonds. The molecule has 4 nitrogen and oxygen atoms in total. The summed E-state index contributed by atoms with van der Waals surface area (Å²) in [6.07, 6.45) is 1.13. The number of nitrogen functional groups attached to an aromatic ring is 1. The number of hydrogen-bond donors (Lipinski definition) is 1. The van der Waals surface area contributed by atoms with Crippen molar-refractivity contribution >= 4 is 22.9 Å². The van der Waals surface area contributed by atoms with E-state index in [1.54, 1.807) is 16.2 Å². The summed E-state index contributed by atoms with van der Waals surface area (Å²) >= 11 is 1.66. The van der Waals surface area contributed by atoms with Crippen molar-refractivity contribution < 1.29 is 4.79 Å². The highest BCUT2D eigenvalue weighted by atomic mass is 32.1. The van der Waals surface area contributed by atoms with Gasteiger partial charge in [0.1, 0.15) is 0 Å². The van der Waals surface area contributed by atoms with Crippen LogP contribution in [0.4, 0.5) is 5.69 Å². The molecule has 5 heteroatoms. The lowest BCUT2D eigenvalue weighted by Gasteiger charge is -2.24. The van der Waals surface area contributed by atoms with Gasteiger partial charge in [-0.25, -0.2) is 4.98 Å². The van der Waals surface area contributed by atoms with E-state index in [4.69, 9.17) is 5.73 Å². The van der Waals surface area contributed by atoms with Crippen molar-refractivity contribution in [3.8, 4) is 0 Å². The highest BCUT2D eigenvalue weighted by molar-refractivity contribution is 7.11. The number of aromatic nitrogens is 1. The minimum Gasteiger partial charge on any atom is -0.399 e. The molecule has 118 valence electrons. The molecule has 0 fully saturated rings. The molecule has 0 saturated heterocycles. The summed E-state index contributed by atoms with van der Waals surface area (Å²) in [5, 5.41) is 1.04. The van der Waals surface area contributed by atoms with Crippen molar-refractivity contribution in [3.63, 3.8) is 0 Å². The lowest BCUT2D eigenvalue weighted by molar-refractivity contribution is -0.131. The fourth-order valence-corrected chi connectivity index (χ4v) is 3.53. The SMILES string of the molecule is Cc1nc(C)c(C(C)N(C)C(=O)CCc2ccccc2N)s1. The smallest absolute Gasteiger partial charge is 0.223 e. The second-order valence-electron chi connectivity index (χ2n) is 5.56. The summed E-state index contributed by atoms with van der Waals surface area (Å²) < 4.78 is 0. The summed E-state index contributed by atoms with van der Waals surface area (Å²) in [4.78, 5) is 19.8. The molecule has 22 heavy (non-hydrogen) atoms. The van der Waals surface area contributed by atoms with Crippen molar-refractivity contribution in [1.82, 2.24) is 9.88 Å². The van der Waals surface area contributed by atoms with E-state index in [0.717, 1.165) is 26.8 Å². The predicted octanol–water partition coefficient (Wildman–Crippen LogP) is 3.49. The van der Waals surface area contributed by atoms with Gasteiger partial charge in [0, 0.05) is 24.0 Å². The fourth-order valence-electron chi connectivity index (χ4n) is 2.51. The number of nitrogens with two attached hydrogens (primary N) is 1. The van der Waals surface area contributed by atoms with Gasteiger partial charge in [-0.2, -0.15) is 0 Å². The Morgan fingerprint density at radius 3 is 2.64 bits per heavy atom. The first-order valence-corrected chi connectivity index (χ1v) is 8.24. The zero-order chi connectivity index (χ0) is 16.3. The molecule has 1 atom stereocenters. The Balaban J connectivity index is 2.00. The Bertz CT molecular complexity index is 666. The van der Waals surface area contributed by atoms with Gasteiger partial charge in [0.25, 0.3) is 0 Å². The van der Waals surface area contributed by atoms with Crippen molar-refractivity contribution in [3.05, 3.63) is 45.4 Å². The summed E-state index contributed by atoms with van der Waals surface area (Å²) in [6.45, 7) is 6.04. The molecule has 1 aromatic heterocycles. The molecule has 2 N–H and O–H groups in total. The molecular formula is C17H23N3OS. The number of para-hydroxylation sites is 1. The second-order valence-corrected chi connectivity index (χ2v) is 6.80. The predicted molar refractivity (Wildman–Crippen MR) is 91.9 cm³/mol. The van der Waals surface area contributed by atoms with Gasteiger partial charge in [0.15, 0.2) is 0 Å². The Morgan fingerprint density at radius 2 is 2.05 bits per heavy atom. The molecule has 0 spiro atoms. The normalized spacial score (nSPS) is 12.2. The molecule has 2 rings (SSSR count). The molecule has 0 radical (unpaired) electrons. The molecule has 2 aromatic rings. The number of hydrogen-bond acceptors (Lipinski definition) is 4. The quantitative estimate of drug-likeness (QED) is 0.859. The van der Waals surface area contributed by atoms with Gasteiger partial charge in [-0.3, -0.25) is 4.79 Å². The van der Waals surface area contributed by atoms with E-state index in [1.165, 1.54) is 0 Å². The van der Waals surface area contributed by atoms with Crippen molar-refractivity contribution in [2.45, 2.75) is 39.7 Å². The zero-order valence-electron chi connectivity index (χ0n) is 13.6. The molecular weight excluding hydrogens is 294 g/mol. The number of amides is 1. The first-order valence-electron chi connectivity index (χ1n) is 7.43. The molecule has 0 bridgehead atoms. The van der Waals surface area contributed by atoms with E-state index in [9.17, 15) is 4.79 Å². The Hall–Kier alpha value is -1.88. The topological polar surface area (TPSA) is 59.2 Å². The van der Waals surface area contributed by atoms with Crippen LogP contribution in [0.5, 0.6) is 0 Å². The van der Waals surface area contributed by atoms with Crippen molar-refractivity contribution in [2.75, 3.05) is 12.8 Å². The monoisotopic (exact) mass is 317 g/mol. The van der Waals surface area contributed by atoms with E-state index in [1.807, 2.05) is 45.2 Å². The number of rotatable bonds is 5. The van der Waals surface area contributed by atoms with Gasteiger partial charge in [0.05, 0.1) is 16.7 Å². The highest BCUT2D eigenvalue weighted by Crippen LogP contribution is 2.28. The first-order chi connectivity index (χ1) is 10.4. The maximum atomic E-state index is 12.4. The summed E-state index contributed by atoms with van der Waals surface area (Å²) in [7, 11) is 1.86. The summed E-state index contributed by atoms with van der Waals surface area (Å²) in [5.74, 6) is 0.126. The van der Waals surface area contributed by atoms with Crippen LogP contribution in [-0.2, 0) is 11.2 Å². The average Bonchev–Trinajstić information content (AvgIpc) is 2.83. The van der Waals surface area contributed by atoms with Crippen LogP contribution in [-0.4, -0.2) is 22.8 Å². The molecule has 0 aliphatic rings. The fraction of sp³-hybridized carbons (Fsp3) is 0.412. The largest absolute Gasteiger partial charge is 0.399 e. The second kappa shape index (κ2) is 6.92. The standard InChI is InChI=1S/C17H23N3OS/c1-11-17(22-13(3)19-11)12(2)20(4)16(21)10-9-14-7-5-6-8-15(14)18/h5-8,12H,9-10,18H2,1-4H3. The number of thiazole rings is 1. The third kappa shape index (κ3) is 3.65. The molecule has 0 aliphatic heterocycles. The van der Waals surface area contributed by atoms with Crippen LogP contribution in [0.2, 0.25) is 0 Å². The molecule has 1 unspecified atom stereocenters. The third-order valence-electron chi connectivity index (χ3n) is 3.96. The van der Waals surface area contributed by atoms with Gasteiger partial charge in [-0.15, -0.1) is 11.3 Å². The maximum Gasteiger partial charge on any atom is 0.223 e. The van der Waals surface area contributed by atoms with Crippen LogP contribution >= 0.6 is 11.3 Å². The average molecular weight is 317 g/mol. The summed E-state index contributed by atoms with van der Waals surface area (Å²) in [6, 6.07) is 7.75.